The summed E-state index contributed by atoms with van der Waals surface area (Å²) in [4.78, 5) is 14.7. The third kappa shape index (κ3) is 2.03. The van der Waals surface area contributed by atoms with E-state index in [1.165, 1.54) is 6.26 Å². The molecule has 5 heteroatoms. The summed E-state index contributed by atoms with van der Waals surface area (Å²) in [5.41, 5.74) is 7.33. The minimum absolute atomic E-state index is 0.0526. The third-order valence-electron chi connectivity index (χ3n) is 2.16. The van der Waals surface area contributed by atoms with Gasteiger partial charge >= 0.3 is 5.97 Å². The number of aliphatic carboxylic acids is 1. The summed E-state index contributed by atoms with van der Waals surface area (Å²) in [6, 6.07) is 7.20. The highest BCUT2D eigenvalue weighted by Gasteiger charge is 2.10. The zero-order valence-corrected chi connectivity index (χ0v) is 8.38. The van der Waals surface area contributed by atoms with Gasteiger partial charge in [-0.15, -0.1) is 0 Å². The van der Waals surface area contributed by atoms with Gasteiger partial charge in [0.05, 0.1) is 6.42 Å². The van der Waals surface area contributed by atoms with Crippen molar-refractivity contribution in [2.24, 2.45) is 0 Å². The highest BCUT2D eigenvalue weighted by molar-refractivity contribution is 5.75. The number of nitrogens with two attached hydrogens (primary N) is 1. The molecule has 1 aromatic heterocycles. The minimum atomic E-state index is -0.885. The molecule has 0 unspecified atom stereocenters. The van der Waals surface area contributed by atoms with Crippen molar-refractivity contribution >= 4 is 12.0 Å². The molecular weight excluding hydrogens is 208 g/mol. The molecule has 0 aliphatic carbocycles. The van der Waals surface area contributed by atoms with Crippen molar-refractivity contribution in [1.82, 2.24) is 4.98 Å². The normalized spacial score (nSPS) is 10.2. The fourth-order valence-corrected chi connectivity index (χ4v) is 1.50. The number of aromatic nitrogens is 1. The molecule has 0 spiro atoms. The van der Waals surface area contributed by atoms with Crippen LogP contribution in [0, 0.1) is 0 Å². The quantitative estimate of drug-likeness (QED) is 0.815. The molecule has 0 atom stereocenters. The number of carboxylic acid groups (broad SMARTS) is 1. The maximum absolute atomic E-state index is 10.7. The lowest BCUT2D eigenvalue weighted by Gasteiger charge is -2.03. The lowest BCUT2D eigenvalue weighted by molar-refractivity contribution is -0.136. The summed E-state index contributed by atoms with van der Waals surface area (Å²) in [5, 5.41) is 8.77. The van der Waals surface area contributed by atoms with Crippen LogP contribution in [0.2, 0.25) is 0 Å². The van der Waals surface area contributed by atoms with Gasteiger partial charge in [0, 0.05) is 5.56 Å². The molecule has 0 saturated carbocycles. The Morgan fingerprint density at radius 1 is 1.44 bits per heavy atom. The summed E-state index contributed by atoms with van der Waals surface area (Å²) in [6.07, 6.45) is 1.36. The maximum atomic E-state index is 10.7. The summed E-state index contributed by atoms with van der Waals surface area (Å²) < 4.78 is 4.90. The lowest BCUT2D eigenvalue weighted by Crippen LogP contribution is -2.01. The molecule has 3 N–H and O–H groups in total. The van der Waals surface area contributed by atoms with Gasteiger partial charge in [-0.05, 0) is 5.56 Å². The first-order chi connectivity index (χ1) is 7.66. The van der Waals surface area contributed by atoms with Crippen molar-refractivity contribution in [3.63, 3.8) is 0 Å². The van der Waals surface area contributed by atoms with Crippen LogP contribution in [0.4, 0.5) is 6.01 Å². The highest BCUT2D eigenvalue weighted by Crippen LogP contribution is 2.23. The van der Waals surface area contributed by atoms with Crippen molar-refractivity contribution in [3.8, 4) is 11.3 Å². The number of rotatable bonds is 3. The number of benzene rings is 1. The van der Waals surface area contributed by atoms with Gasteiger partial charge in [-0.3, -0.25) is 4.79 Å². The summed E-state index contributed by atoms with van der Waals surface area (Å²) in [7, 11) is 0. The van der Waals surface area contributed by atoms with E-state index in [1.807, 2.05) is 6.07 Å². The number of carboxylic acids is 1. The zero-order chi connectivity index (χ0) is 11.5. The fourth-order valence-electron chi connectivity index (χ4n) is 1.50. The van der Waals surface area contributed by atoms with Gasteiger partial charge < -0.3 is 15.3 Å². The number of nitrogen functional groups attached to an aromatic ring is 1. The lowest BCUT2D eigenvalue weighted by atomic mass is 10.0. The van der Waals surface area contributed by atoms with Crippen molar-refractivity contribution in [3.05, 3.63) is 36.1 Å². The van der Waals surface area contributed by atoms with E-state index in [0.717, 1.165) is 5.56 Å². The van der Waals surface area contributed by atoms with Gasteiger partial charge in [-0.1, -0.05) is 24.3 Å². The van der Waals surface area contributed by atoms with Crippen LogP contribution in [0.5, 0.6) is 0 Å². The smallest absolute Gasteiger partial charge is 0.307 e. The first kappa shape index (κ1) is 10.2. The summed E-state index contributed by atoms with van der Waals surface area (Å²) in [5.74, 6) is -0.885. The Hall–Kier alpha value is -2.30. The molecule has 1 heterocycles. The molecule has 0 saturated heterocycles. The largest absolute Gasteiger partial charge is 0.481 e. The molecule has 1 aromatic carbocycles. The third-order valence-corrected chi connectivity index (χ3v) is 2.16. The summed E-state index contributed by atoms with van der Waals surface area (Å²) >= 11 is 0. The predicted octanol–water partition coefficient (Wildman–Crippen LogP) is 1.55. The number of hydrogen-bond acceptors (Lipinski definition) is 4. The number of nitrogens with zero attached hydrogens (tertiary/aromatic N) is 1. The molecule has 2 rings (SSSR count). The van der Waals surface area contributed by atoms with E-state index >= 15 is 0 Å². The van der Waals surface area contributed by atoms with Gasteiger partial charge in [0.25, 0.3) is 6.01 Å². The second kappa shape index (κ2) is 4.06. The SMILES string of the molecule is Nc1nc(-c2ccccc2CC(=O)O)co1. The average Bonchev–Trinajstić information content (AvgIpc) is 2.65. The fraction of sp³-hybridized carbons (Fsp3) is 0.0909. The van der Waals surface area contributed by atoms with E-state index in [4.69, 9.17) is 15.3 Å². The first-order valence-electron chi connectivity index (χ1n) is 4.68. The molecule has 0 aliphatic heterocycles. The number of hydrogen-bond donors (Lipinski definition) is 2. The molecular formula is C11H10N2O3. The van der Waals surface area contributed by atoms with Gasteiger partial charge in [0.1, 0.15) is 12.0 Å². The second-order valence-corrected chi connectivity index (χ2v) is 3.30. The molecule has 0 amide bonds. The predicted molar refractivity (Wildman–Crippen MR) is 57.7 cm³/mol. The van der Waals surface area contributed by atoms with Crippen molar-refractivity contribution < 1.29 is 14.3 Å². The van der Waals surface area contributed by atoms with Crippen molar-refractivity contribution in [2.75, 3.05) is 5.73 Å². The second-order valence-electron chi connectivity index (χ2n) is 3.30. The Labute approximate surface area is 91.5 Å². The topological polar surface area (TPSA) is 89.3 Å². The Morgan fingerprint density at radius 2 is 2.19 bits per heavy atom. The monoisotopic (exact) mass is 218 g/mol. The molecule has 0 bridgehead atoms. The molecule has 0 radical (unpaired) electrons. The van der Waals surface area contributed by atoms with Gasteiger partial charge in [0.2, 0.25) is 0 Å². The van der Waals surface area contributed by atoms with Gasteiger partial charge in [-0.2, -0.15) is 4.98 Å². The van der Waals surface area contributed by atoms with Crippen LogP contribution >= 0.6 is 0 Å². The molecule has 82 valence electrons. The van der Waals surface area contributed by atoms with E-state index < -0.39 is 5.97 Å². The van der Waals surface area contributed by atoms with E-state index in [9.17, 15) is 4.79 Å². The van der Waals surface area contributed by atoms with Crippen LogP contribution in [0.1, 0.15) is 5.56 Å². The molecule has 2 aromatic rings. The Kier molecular flexibility index (Phi) is 2.59. The van der Waals surface area contributed by atoms with Crippen LogP contribution in [-0.4, -0.2) is 16.1 Å². The van der Waals surface area contributed by atoms with E-state index in [-0.39, 0.29) is 12.4 Å². The number of anilines is 1. The average molecular weight is 218 g/mol. The maximum Gasteiger partial charge on any atom is 0.307 e. The van der Waals surface area contributed by atoms with E-state index in [2.05, 4.69) is 4.98 Å². The van der Waals surface area contributed by atoms with Crippen LogP contribution in [0.25, 0.3) is 11.3 Å². The number of carbonyl (C=O) groups is 1. The summed E-state index contributed by atoms with van der Waals surface area (Å²) in [6.45, 7) is 0. The van der Waals surface area contributed by atoms with Crippen LogP contribution in [-0.2, 0) is 11.2 Å². The number of oxazole rings is 1. The van der Waals surface area contributed by atoms with Crippen LogP contribution < -0.4 is 5.73 Å². The molecule has 0 fully saturated rings. The van der Waals surface area contributed by atoms with Gasteiger partial charge in [-0.25, -0.2) is 0 Å². The minimum Gasteiger partial charge on any atom is -0.481 e. The van der Waals surface area contributed by atoms with E-state index in [0.29, 0.717) is 11.3 Å². The van der Waals surface area contributed by atoms with E-state index in [1.54, 1.807) is 18.2 Å². The Balaban J connectivity index is 2.43. The van der Waals surface area contributed by atoms with Crippen molar-refractivity contribution in [1.29, 1.82) is 0 Å². The molecule has 5 nitrogen and oxygen atoms in total. The molecule has 16 heavy (non-hydrogen) atoms. The standard InChI is InChI=1S/C11H10N2O3/c12-11-13-9(6-16-11)8-4-2-1-3-7(8)5-10(14)15/h1-4,6H,5H2,(H2,12,13)(H,14,15). The first-order valence-corrected chi connectivity index (χ1v) is 4.68. The molecule has 0 aliphatic rings. The van der Waals surface area contributed by atoms with Crippen molar-refractivity contribution in [2.45, 2.75) is 6.42 Å². The Morgan fingerprint density at radius 3 is 2.81 bits per heavy atom. The zero-order valence-electron chi connectivity index (χ0n) is 8.38. The van der Waals surface area contributed by atoms with Gasteiger partial charge in [0.15, 0.2) is 0 Å². The van der Waals surface area contributed by atoms with Crippen LogP contribution in [0.15, 0.2) is 34.9 Å². The van der Waals surface area contributed by atoms with Crippen LogP contribution in [0.3, 0.4) is 0 Å². The Bertz CT molecular complexity index is 519. The highest BCUT2D eigenvalue weighted by atomic mass is 16.4.